The van der Waals surface area contributed by atoms with Crippen molar-refractivity contribution < 1.29 is 4.39 Å². The normalized spacial score (nSPS) is 10.1. The zero-order chi connectivity index (χ0) is 9.97. The van der Waals surface area contributed by atoms with Crippen LogP contribution in [0.4, 0.5) is 4.39 Å². The summed E-state index contributed by atoms with van der Waals surface area (Å²) in [5.74, 6) is -0.318. The topological polar surface area (TPSA) is 0 Å². The molecule has 0 amide bonds. The van der Waals surface area contributed by atoms with E-state index in [1.54, 1.807) is 18.2 Å². The predicted octanol–water partition coefficient (Wildman–Crippen LogP) is 3.95. The van der Waals surface area contributed by atoms with Crippen LogP contribution in [0.1, 0.15) is 0 Å². The van der Waals surface area contributed by atoms with E-state index in [4.69, 9.17) is 11.6 Å². The summed E-state index contributed by atoms with van der Waals surface area (Å²) in [6.07, 6.45) is 0. The standard InChI is InChI=1S/C12H7ClF/c13-12-8-10(14)6-7-11(12)9-4-2-1-3-5-9/h2-8H. The van der Waals surface area contributed by atoms with Crippen LogP contribution < -0.4 is 0 Å². The maximum Gasteiger partial charge on any atom is 0.124 e. The van der Waals surface area contributed by atoms with Crippen molar-refractivity contribution in [2.75, 3.05) is 0 Å². The first-order chi connectivity index (χ1) is 6.77. The van der Waals surface area contributed by atoms with Crippen molar-refractivity contribution in [2.24, 2.45) is 0 Å². The van der Waals surface area contributed by atoms with Crippen molar-refractivity contribution in [2.45, 2.75) is 0 Å². The minimum atomic E-state index is -0.318. The molecule has 2 aromatic carbocycles. The van der Waals surface area contributed by atoms with Crippen LogP contribution in [0.25, 0.3) is 11.1 Å². The zero-order valence-electron chi connectivity index (χ0n) is 7.30. The maximum absolute atomic E-state index is 12.8. The van der Waals surface area contributed by atoms with Crippen LogP contribution in [0.2, 0.25) is 5.02 Å². The summed E-state index contributed by atoms with van der Waals surface area (Å²) in [4.78, 5) is 0. The molecule has 0 nitrogen and oxygen atoms in total. The van der Waals surface area contributed by atoms with E-state index in [9.17, 15) is 4.39 Å². The molecule has 0 heterocycles. The molecule has 0 aliphatic heterocycles. The fourth-order valence-electron chi connectivity index (χ4n) is 1.29. The van der Waals surface area contributed by atoms with Gasteiger partial charge in [0.15, 0.2) is 0 Å². The molecule has 0 N–H and O–H groups in total. The molecule has 0 aliphatic rings. The summed E-state index contributed by atoms with van der Waals surface area (Å²) in [6, 6.07) is 14.7. The van der Waals surface area contributed by atoms with Gasteiger partial charge in [-0.15, -0.1) is 0 Å². The zero-order valence-corrected chi connectivity index (χ0v) is 8.05. The second-order valence-corrected chi connectivity index (χ2v) is 3.32. The first kappa shape index (κ1) is 9.22. The highest BCUT2D eigenvalue weighted by atomic mass is 35.5. The third kappa shape index (κ3) is 1.78. The minimum absolute atomic E-state index is 0.318. The van der Waals surface area contributed by atoms with Gasteiger partial charge in [-0.05, 0) is 29.8 Å². The number of hydrogen-bond acceptors (Lipinski definition) is 0. The van der Waals surface area contributed by atoms with Crippen LogP contribution in [-0.2, 0) is 0 Å². The fourth-order valence-corrected chi connectivity index (χ4v) is 1.57. The molecule has 0 spiro atoms. The van der Waals surface area contributed by atoms with Gasteiger partial charge < -0.3 is 0 Å². The first-order valence-corrected chi connectivity index (χ1v) is 4.57. The molecule has 2 heteroatoms. The lowest BCUT2D eigenvalue weighted by Crippen LogP contribution is -1.80. The second kappa shape index (κ2) is 3.81. The highest BCUT2D eigenvalue weighted by Crippen LogP contribution is 2.27. The third-order valence-corrected chi connectivity index (χ3v) is 2.27. The average molecular weight is 206 g/mol. The molecule has 0 aliphatic carbocycles. The highest BCUT2D eigenvalue weighted by Gasteiger charge is 2.03. The van der Waals surface area contributed by atoms with Gasteiger partial charge in [0.25, 0.3) is 0 Å². The fraction of sp³-hybridized carbons (Fsp3) is 0. The van der Waals surface area contributed by atoms with E-state index < -0.39 is 0 Å². The molecule has 2 aromatic rings. The average Bonchev–Trinajstić information content (AvgIpc) is 2.19. The molecular formula is C12H7ClF. The van der Waals surface area contributed by atoms with Gasteiger partial charge in [-0.25, -0.2) is 4.39 Å². The van der Waals surface area contributed by atoms with Crippen LogP contribution in [0.3, 0.4) is 0 Å². The molecule has 0 saturated carbocycles. The van der Waals surface area contributed by atoms with Gasteiger partial charge in [0.05, 0.1) is 5.02 Å². The Morgan fingerprint density at radius 2 is 1.79 bits per heavy atom. The lowest BCUT2D eigenvalue weighted by molar-refractivity contribution is 0.628. The van der Waals surface area contributed by atoms with E-state index in [0.29, 0.717) is 5.02 Å². The second-order valence-electron chi connectivity index (χ2n) is 2.91. The Bertz CT molecular complexity index is 437. The van der Waals surface area contributed by atoms with Crippen molar-refractivity contribution in [1.29, 1.82) is 0 Å². The van der Waals surface area contributed by atoms with Crippen LogP contribution in [-0.4, -0.2) is 0 Å². The van der Waals surface area contributed by atoms with Crippen LogP contribution in [0, 0.1) is 11.9 Å². The highest BCUT2D eigenvalue weighted by molar-refractivity contribution is 6.33. The van der Waals surface area contributed by atoms with E-state index in [-0.39, 0.29) is 5.82 Å². The number of benzene rings is 2. The molecule has 0 unspecified atom stereocenters. The summed E-state index contributed by atoms with van der Waals surface area (Å²) in [7, 11) is 0. The molecule has 0 saturated heterocycles. The molecule has 69 valence electrons. The largest absolute Gasteiger partial charge is 0.207 e. The summed E-state index contributed by atoms with van der Waals surface area (Å²) in [6.45, 7) is 0. The summed E-state index contributed by atoms with van der Waals surface area (Å²) in [5, 5.41) is 0.427. The van der Waals surface area contributed by atoms with Crippen LogP contribution in [0.5, 0.6) is 0 Å². The number of rotatable bonds is 1. The molecule has 14 heavy (non-hydrogen) atoms. The summed E-state index contributed by atoms with van der Waals surface area (Å²) < 4.78 is 12.8. The van der Waals surface area contributed by atoms with Crippen molar-refractivity contribution in [3.05, 3.63) is 59.4 Å². The Hall–Kier alpha value is -1.34. The summed E-state index contributed by atoms with van der Waals surface area (Å²) in [5.41, 5.74) is 1.80. The van der Waals surface area contributed by atoms with Gasteiger partial charge in [0.1, 0.15) is 5.82 Å². The van der Waals surface area contributed by atoms with Crippen LogP contribution >= 0.6 is 11.6 Å². The molecule has 2 rings (SSSR count). The van der Waals surface area contributed by atoms with Gasteiger partial charge in [-0.3, -0.25) is 0 Å². The molecule has 0 aromatic heterocycles. The predicted molar refractivity (Wildman–Crippen MR) is 55.7 cm³/mol. The maximum atomic E-state index is 12.8. The Balaban J connectivity index is 2.53. The summed E-state index contributed by atoms with van der Waals surface area (Å²) >= 11 is 5.91. The lowest BCUT2D eigenvalue weighted by atomic mass is 10.1. The molecule has 0 fully saturated rings. The van der Waals surface area contributed by atoms with E-state index in [1.165, 1.54) is 12.1 Å². The van der Waals surface area contributed by atoms with Crippen molar-refractivity contribution in [1.82, 2.24) is 0 Å². The van der Waals surface area contributed by atoms with Gasteiger partial charge in [-0.1, -0.05) is 35.9 Å². The molecule has 1 radical (unpaired) electrons. The molecular weight excluding hydrogens is 199 g/mol. The van der Waals surface area contributed by atoms with Gasteiger partial charge in [0.2, 0.25) is 0 Å². The Labute approximate surface area is 87.0 Å². The lowest BCUT2D eigenvalue weighted by Gasteiger charge is -2.03. The van der Waals surface area contributed by atoms with Crippen LogP contribution in [0.15, 0.2) is 42.5 Å². The first-order valence-electron chi connectivity index (χ1n) is 4.19. The van der Waals surface area contributed by atoms with Gasteiger partial charge in [0, 0.05) is 5.56 Å². The Morgan fingerprint density at radius 3 is 2.43 bits per heavy atom. The van der Waals surface area contributed by atoms with E-state index in [2.05, 4.69) is 6.07 Å². The van der Waals surface area contributed by atoms with E-state index >= 15 is 0 Å². The van der Waals surface area contributed by atoms with Gasteiger partial charge >= 0.3 is 0 Å². The van der Waals surface area contributed by atoms with Crippen molar-refractivity contribution >= 4 is 11.6 Å². The Kier molecular flexibility index (Phi) is 2.51. The van der Waals surface area contributed by atoms with E-state index in [0.717, 1.165) is 11.1 Å². The number of hydrogen-bond donors (Lipinski definition) is 0. The Morgan fingerprint density at radius 1 is 1.07 bits per heavy atom. The number of halogens is 2. The van der Waals surface area contributed by atoms with E-state index in [1.807, 2.05) is 12.1 Å². The van der Waals surface area contributed by atoms with Crippen molar-refractivity contribution in [3.8, 4) is 11.1 Å². The molecule has 0 atom stereocenters. The smallest absolute Gasteiger partial charge is 0.124 e. The van der Waals surface area contributed by atoms with Crippen molar-refractivity contribution in [3.63, 3.8) is 0 Å². The van der Waals surface area contributed by atoms with Gasteiger partial charge in [-0.2, -0.15) is 0 Å². The quantitative estimate of drug-likeness (QED) is 0.662. The minimum Gasteiger partial charge on any atom is -0.207 e. The SMILES string of the molecule is Fc1ccc(-c2cc[c]cc2)c(Cl)c1. The monoisotopic (exact) mass is 205 g/mol. The third-order valence-electron chi connectivity index (χ3n) is 1.96. The molecule has 0 bridgehead atoms.